The standard InChI is InChI=1S/C12H19F3N2O4/c1-21-11(20)8-3-2-6-17(8)10(19)9(18)7(16)4-5-12(13,14)15/h7-9,18H,2-6,16H2,1H3/t7-,8+,9+/m1/s1. The Bertz CT molecular complexity index is 389. The van der Waals surface area contributed by atoms with Gasteiger partial charge in [0, 0.05) is 19.0 Å². The normalized spacial score (nSPS) is 22.0. The second kappa shape index (κ2) is 7.08. The summed E-state index contributed by atoms with van der Waals surface area (Å²) < 4.78 is 40.9. The number of halogens is 3. The van der Waals surface area contributed by atoms with Gasteiger partial charge in [-0.1, -0.05) is 0 Å². The number of aliphatic hydroxyl groups is 1. The van der Waals surface area contributed by atoms with E-state index < -0.39 is 49.1 Å². The number of likely N-dealkylation sites (tertiary alicyclic amines) is 1. The Morgan fingerprint density at radius 3 is 2.62 bits per heavy atom. The fraction of sp³-hybridized carbons (Fsp3) is 0.833. The van der Waals surface area contributed by atoms with Crippen molar-refractivity contribution in [2.24, 2.45) is 5.73 Å². The summed E-state index contributed by atoms with van der Waals surface area (Å²) in [5.74, 6) is -1.45. The van der Waals surface area contributed by atoms with Crippen LogP contribution in [0, 0.1) is 0 Å². The first-order chi connectivity index (χ1) is 9.67. The first kappa shape index (κ1) is 17.7. The minimum absolute atomic E-state index is 0.238. The monoisotopic (exact) mass is 312 g/mol. The molecule has 1 heterocycles. The second-order valence-corrected chi connectivity index (χ2v) is 4.98. The summed E-state index contributed by atoms with van der Waals surface area (Å²) >= 11 is 0. The highest BCUT2D eigenvalue weighted by molar-refractivity contribution is 5.87. The van der Waals surface area contributed by atoms with Crippen LogP contribution in [-0.2, 0) is 14.3 Å². The number of ether oxygens (including phenoxy) is 1. The van der Waals surface area contributed by atoms with Gasteiger partial charge in [0.15, 0.2) is 0 Å². The van der Waals surface area contributed by atoms with E-state index in [0.29, 0.717) is 12.8 Å². The molecule has 0 radical (unpaired) electrons. The molecule has 0 saturated carbocycles. The van der Waals surface area contributed by atoms with Crippen LogP contribution in [0.4, 0.5) is 13.2 Å². The van der Waals surface area contributed by atoms with Crippen LogP contribution >= 0.6 is 0 Å². The predicted octanol–water partition coefficient (Wildman–Crippen LogP) is 0.181. The van der Waals surface area contributed by atoms with E-state index in [-0.39, 0.29) is 6.54 Å². The lowest BCUT2D eigenvalue weighted by Crippen LogP contribution is -2.51. The van der Waals surface area contributed by atoms with Crippen molar-refractivity contribution >= 4 is 11.9 Å². The van der Waals surface area contributed by atoms with Crippen LogP contribution in [0.3, 0.4) is 0 Å². The van der Waals surface area contributed by atoms with E-state index in [1.54, 1.807) is 0 Å². The summed E-state index contributed by atoms with van der Waals surface area (Å²) in [6, 6.07) is -2.15. The van der Waals surface area contributed by atoms with Crippen LogP contribution in [0.1, 0.15) is 25.7 Å². The third-order valence-corrected chi connectivity index (χ3v) is 3.43. The quantitative estimate of drug-likeness (QED) is 0.707. The molecule has 1 rings (SSSR count). The first-order valence-electron chi connectivity index (χ1n) is 6.56. The third-order valence-electron chi connectivity index (χ3n) is 3.43. The van der Waals surface area contributed by atoms with E-state index in [0.717, 1.165) is 4.90 Å². The lowest BCUT2D eigenvalue weighted by molar-refractivity contribution is -0.155. The van der Waals surface area contributed by atoms with E-state index in [1.807, 2.05) is 0 Å². The Kier molecular flexibility index (Phi) is 5.97. The number of methoxy groups -OCH3 is 1. The molecule has 0 unspecified atom stereocenters. The van der Waals surface area contributed by atoms with Gasteiger partial charge in [-0.05, 0) is 19.3 Å². The number of carbonyl (C=O) groups excluding carboxylic acids is 2. The number of nitrogens with zero attached hydrogens (tertiary/aromatic N) is 1. The fourth-order valence-electron chi connectivity index (χ4n) is 2.25. The van der Waals surface area contributed by atoms with Gasteiger partial charge in [-0.25, -0.2) is 4.79 Å². The Balaban J connectivity index is 2.62. The molecule has 6 nitrogen and oxygen atoms in total. The smallest absolute Gasteiger partial charge is 0.389 e. The van der Waals surface area contributed by atoms with Crippen molar-refractivity contribution in [1.29, 1.82) is 0 Å². The lowest BCUT2D eigenvalue weighted by atomic mass is 10.0. The van der Waals surface area contributed by atoms with Crippen molar-refractivity contribution in [3.05, 3.63) is 0 Å². The van der Waals surface area contributed by atoms with Crippen LogP contribution in [0.2, 0.25) is 0 Å². The molecule has 122 valence electrons. The Morgan fingerprint density at radius 1 is 1.48 bits per heavy atom. The molecular weight excluding hydrogens is 293 g/mol. The Morgan fingerprint density at radius 2 is 2.10 bits per heavy atom. The van der Waals surface area contributed by atoms with E-state index in [2.05, 4.69) is 4.74 Å². The molecule has 3 N–H and O–H groups in total. The number of alkyl halides is 3. The van der Waals surface area contributed by atoms with Crippen molar-refractivity contribution in [3.8, 4) is 0 Å². The van der Waals surface area contributed by atoms with E-state index >= 15 is 0 Å². The minimum atomic E-state index is -4.40. The lowest BCUT2D eigenvalue weighted by Gasteiger charge is -2.27. The Hall–Kier alpha value is -1.35. The molecule has 1 fully saturated rings. The molecular formula is C12H19F3N2O4. The zero-order chi connectivity index (χ0) is 16.2. The van der Waals surface area contributed by atoms with Gasteiger partial charge in [0.05, 0.1) is 7.11 Å². The maximum atomic E-state index is 12.1. The molecule has 3 atom stereocenters. The molecule has 0 aromatic heterocycles. The number of nitrogens with two attached hydrogens (primary N) is 1. The van der Waals surface area contributed by atoms with Gasteiger partial charge < -0.3 is 20.5 Å². The average molecular weight is 312 g/mol. The van der Waals surface area contributed by atoms with E-state index in [4.69, 9.17) is 5.73 Å². The van der Waals surface area contributed by atoms with Crippen LogP contribution in [-0.4, -0.2) is 59.9 Å². The summed E-state index contributed by atoms with van der Waals surface area (Å²) in [6.45, 7) is 0.238. The zero-order valence-electron chi connectivity index (χ0n) is 11.6. The van der Waals surface area contributed by atoms with E-state index in [9.17, 15) is 27.9 Å². The fourth-order valence-corrected chi connectivity index (χ4v) is 2.25. The highest BCUT2D eigenvalue weighted by Crippen LogP contribution is 2.24. The molecule has 1 amide bonds. The molecule has 0 bridgehead atoms. The number of aliphatic hydroxyl groups excluding tert-OH is 1. The minimum Gasteiger partial charge on any atom is -0.467 e. The van der Waals surface area contributed by atoms with Crippen molar-refractivity contribution in [2.45, 2.75) is 50.0 Å². The van der Waals surface area contributed by atoms with Crippen molar-refractivity contribution in [3.63, 3.8) is 0 Å². The summed E-state index contributed by atoms with van der Waals surface area (Å²) in [4.78, 5) is 24.7. The number of carbonyl (C=O) groups is 2. The van der Waals surface area contributed by atoms with Crippen LogP contribution < -0.4 is 5.73 Å². The topological polar surface area (TPSA) is 92.9 Å². The third kappa shape index (κ3) is 4.85. The van der Waals surface area contributed by atoms with Crippen molar-refractivity contribution < 1.29 is 32.6 Å². The summed E-state index contributed by atoms with van der Waals surface area (Å²) in [5, 5.41) is 9.78. The molecule has 1 aliphatic rings. The number of esters is 1. The summed E-state index contributed by atoms with van der Waals surface area (Å²) in [6.07, 6.45) is -6.97. The predicted molar refractivity (Wildman–Crippen MR) is 66.0 cm³/mol. The zero-order valence-corrected chi connectivity index (χ0v) is 11.6. The van der Waals surface area contributed by atoms with Gasteiger partial charge in [0.2, 0.25) is 0 Å². The summed E-state index contributed by atoms with van der Waals surface area (Å²) in [7, 11) is 1.18. The van der Waals surface area contributed by atoms with Gasteiger partial charge in [-0.3, -0.25) is 4.79 Å². The van der Waals surface area contributed by atoms with Crippen molar-refractivity contribution in [2.75, 3.05) is 13.7 Å². The SMILES string of the molecule is COC(=O)[C@@H]1CCCN1C(=O)[C@@H](O)[C@H](N)CCC(F)(F)F. The number of hydrogen-bond donors (Lipinski definition) is 2. The van der Waals surface area contributed by atoms with Gasteiger partial charge >= 0.3 is 12.1 Å². The summed E-state index contributed by atoms with van der Waals surface area (Å²) in [5.41, 5.74) is 5.43. The number of rotatable bonds is 5. The van der Waals surface area contributed by atoms with Crippen LogP contribution in [0.5, 0.6) is 0 Å². The molecule has 9 heteroatoms. The highest BCUT2D eigenvalue weighted by Gasteiger charge is 2.39. The number of hydrogen-bond acceptors (Lipinski definition) is 5. The maximum Gasteiger partial charge on any atom is 0.389 e. The molecule has 0 spiro atoms. The van der Waals surface area contributed by atoms with Gasteiger partial charge in [-0.2, -0.15) is 13.2 Å². The van der Waals surface area contributed by atoms with Gasteiger partial charge in [-0.15, -0.1) is 0 Å². The first-order valence-corrected chi connectivity index (χ1v) is 6.56. The van der Waals surface area contributed by atoms with E-state index in [1.165, 1.54) is 7.11 Å². The van der Waals surface area contributed by atoms with Crippen LogP contribution in [0.25, 0.3) is 0 Å². The largest absolute Gasteiger partial charge is 0.467 e. The molecule has 0 aromatic rings. The highest BCUT2D eigenvalue weighted by atomic mass is 19.4. The second-order valence-electron chi connectivity index (χ2n) is 4.98. The van der Waals surface area contributed by atoms with Crippen molar-refractivity contribution in [1.82, 2.24) is 4.90 Å². The maximum absolute atomic E-state index is 12.1. The Labute approximate surface area is 120 Å². The molecule has 1 saturated heterocycles. The number of amides is 1. The molecule has 21 heavy (non-hydrogen) atoms. The van der Waals surface area contributed by atoms with Gasteiger partial charge in [0.25, 0.3) is 5.91 Å². The average Bonchev–Trinajstić information content (AvgIpc) is 2.90. The molecule has 1 aliphatic heterocycles. The molecule has 0 aliphatic carbocycles. The van der Waals surface area contributed by atoms with Gasteiger partial charge in [0.1, 0.15) is 12.1 Å². The molecule has 0 aromatic carbocycles. The van der Waals surface area contributed by atoms with Crippen LogP contribution in [0.15, 0.2) is 0 Å².